The molecule has 1 aromatic carbocycles. The summed E-state index contributed by atoms with van der Waals surface area (Å²) in [6.45, 7) is 7.49. The summed E-state index contributed by atoms with van der Waals surface area (Å²) in [5.74, 6) is 0.919. The number of amides is 3. The molecule has 0 bridgehead atoms. The van der Waals surface area contributed by atoms with E-state index in [-0.39, 0.29) is 18.5 Å². The highest BCUT2D eigenvalue weighted by atomic mass is 35.5. The zero-order valence-corrected chi connectivity index (χ0v) is 19.7. The third-order valence-corrected chi connectivity index (χ3v) is 6.75. The minimum atomic E-state index is -0.638. The van der Waals surface area contributed by atoms with Gasteiger partial charge in [-0.3, -0.25) is 19.5 Å². The van der Waals surface area contributed by atoms with Gasteiger partial charge >= 0.3 is 12.0 Å². The van der Waals surface area contributed by atoms with Gasteiger partial charge in [0.1, 0.15) is 11.9 Å². The molecule has 0 saturated carbocycles. The number of halogens is 1. The van der Waals surface area contributed by atoms with Gasteiger partial charge < -0.3 is 4.74 Å². The Kier molecular flexibility index (Phi) is 5.94. The minimum absolute atomic E-state index is 0.168. The smallest absolute Gasteiger partial charge is 0.379 e. The van der Waals surface area contributed by atoms with Gasteiger partial charge in [0.05, 0.1) is 26.3 Å². The summed E-state index contributed by atoms with van der Waals surface area (Å²) in [5.41, 5.74) is 1.85. The molecular formula is C23H28ClN6O3+. The summed E-state index contributed by atoms with van der Waals surface area (Å²) in [6, 6.07) is 6.20. The Hall–Kier alpha value is -2.75. The number of hydrogen-bond donors (Lipinski definition) is 0. The van der Waals surface area contributed by atoms with Gasteiger partial charge in [-0.15, -0.1) is 0 Å². The third-order valence-electron chi connectivity index (χ3n) is 6.51. The molecule has 0 spiro atoms. The first-order valence-electron chi connectivity index (χ1n) is 11.3. The zero-order valence-electron chi connectivity index (χ0n) is 18.9. The van der Waals surface area contributed by atoms with Crippen LogP contribution in [0.4, 0.5) is 10.7 Å². The van der Waals surface area contributed by atoms with Crippen molar-refractivity contribution in [3.63, 3.8) is 0 Å². The number of nitrogens with zero attached hydrogens (tertiary/aromatic N) is 6. The minimum Gasteiger partial charge on any atom is -0.379 e. The molecule has 0 N–H and O–H groups in total. The number of urea groups is 1. The normalized spacial score (nSPS) is 20.8. The fourth-order valence-corrected chi connectivity index (χ4v) is 4.96. The van der Waals surface area contributed by atoms with Gasteiger partial charge in [-0.05, 0) is 31.0 Å². The Morgan fingerprint density at radius 2 is 2.00 bits per heavy atom. The van der Waals surface area contributed by atoms with Gasteiger partial charge in [-0.2, -0.15) is 0 Å². The number of imidazole rings is 1. The van der Waals surface area contributed by atoms with Crippen molar-refractivity contribution in [2.75, 3.05) is 39.9 Å². The molecule has 3 amide bonds. The molecule has 33 heavy (non-hydrogen) atoms. The van der Waals surface area contributed by atoms with Crippen LogP contribution in [0.2, 0.25) is 5.02 Å². The molecule has 0 radical (unpaired) electrons. The molecule has 2 fully saturated rings. The molecule has 5 rings (SSSR count). The van der Waals surface area contributed by atoms with Crippen molar-refractivity contribution < 1.29 is 18.9 Å². The molecule has 3 aliphatic rings. The van der Waals surface area contributed by atoms with Crippen LogP contribution < -0.4 is 4.57 Å². The van der Waals surface area contributed by atoms with E-state index in [9.17, 15) is 9.59 Å². The predicted octanol–water partition coefficient (Wildman–Crippen LogP) is 2.14. The van der Waals surface area contributed by atoms with E-state index in [0.717, 1.165) is 57.1 Å². The largest absolute Gasteiger partial charge is 0.401 e. The number of amidine groups is 1. The highest BCUT2D eigenvalue weighted by Crippen LogP contribution is 2.30. The first-order chi connectivity index (χ1) is 15.9. The summed E-state index contributed by atoms with van der Waals surface area (Å²) >= 11 is 6.10. The Balaban J connectivity index is 1.37. The number of carbonyl (C=O) groups excluding carboxylic acids is 2. The lowest BCUT2D eigenvalue weighted by atomic mass is 10.1. The highest BCUT2D eigenvalue weighted by Gasteiger charge is 2.53. The summed E-state index contributed by atoms with van der Waals surface area (Å²) in [4.78, 5) is 36.4. The first kappa shape index (κ1) is 22.1. The Morgan fingerprint density at radius 1 is 1.21 bits per heavy atom. The van der Waals surface area contributed by atoms with Gasteiger partial charge in [-0.25, -0.2) is 13.9 Å². The molecule has 174 valence electrons. The molecule has 4 heterocycles. The SMILES string of the molecule is Cc1c[n+]2c(n1CCCN1CCOCC1)N=C1C2C(=O)N(Cc2cccc(Cl)c2)C(=O)N1C. The van der Waals surface area contributed by atoms with Crippen LogP contribution in [0.25, 0.3) is 0 Å². The standard InChI is InChI=1S/C23H28ClN6O3/c1-16-14-29-19-20(25-22(29)28(16)8-4-7-27-9-11-33-12-10-27)26(2)23(32)30(21(19)31)15-17-5-3-6-18(24)13-17/h3,5-6,13-14,19H,4,7-12,15H2,1-2H3/q+1. The van der Waals surface area contributed by atoms with Crippen LogP contribution in [0, 0.1) is 6.92 Å². The van der Waals surface area contributed by atoms with Gasteiger partial charge in [0.15, 0.2) is 0 Å². The van der Waals surface area contributed by atoms with E-state index in [2.05, 4.69) is 9.47 Å². The monoisotopic (exact) mass is 471 g/mol. The van der Waals surface area contributed by atoms with Crippen molar-refractivity contribution in [1.29, 1.82) is 0 Å². The number of imide groups is 1. The third kappa shape index (κ3) is 4.05. The number of aromatic nitrogens is 2. The van der Waals surface area contributed by atoms with Crippen LogP contribution >= 0.6 is 11.6 Å². The molecule has 9 nitrogen and oxygen atoms in total. The number of ether oxygens (including phenoxy) is 1. The number of benzene rings is 1. The summed E-state index contributed by atoms with van der Waals surface area (Å²) in [7, 11) is 1.67. The number of aliphatic imine (C=N–C) groups is 1. The van der Waals surface area contributed by atoms with E-state index in [0.29, 0.717) is 16.8 Å². The maximum atomic E-state index is 13.5. The van der Waals surface area contributed by atoms with E-state index in [1.54, 1.807) is 19.2 Å². The van der Waals surface area contributed by atoms with Crippen LogP contribution in [0.15, 0.2) is 35.5 Å². The zero-order chi connectivity index (χ0) is 23.1. The molecule has 2 aromatic rings. The van der Waals surface area contributed by atoms with Gasteiger partial charge in [-0.1, -0.05) is 28.7 Å². The van der Waals surface area contributed by atoms with Crippen LogP contribution in [0.5, 0.6) is 0 Å². The Bertz CT molecular complexity index is 1120. The van der Waals surface area contributed by atoms with E-state index < -0.39 is 6.04 Å². The maximum absolute atomic E-state index is 13.5. The van der Waals surface area contributed by atoms with Crippen molar-refractivity contribution in [2.24, 2.45) is 4.99 Å². The summed E-state index contributed by atoms with van der Waals surface area (Å²) in [5, 5.41) is 0.572. The number of aryl methyl sites for hydroxylation is 1. The summed E-state index contributed by atoms with van der Waals surface area (Å²) in [6.07, 6.45) is 2.94. The quantitative estimate of drug-likeness (QED) is 0.605. The number of likely N-dealkylation sites (N-methyl/N-ethyl adjacent to an activating group) is 1. The first-order valence-corrected chi connectivity index (χ1v) is 11.7. The van der Waals surface area contributed by atoms with Crippen molar-refractivity contribution in [1.82, 2.24) is 19.3 Å². The molecule has 1 unspecified atom stereocenters. The van der Waals surface area contributed by atoms with Gasteiger partial charge in [0, 0.05) is 31.7 Å². The molecular weight excluding hydrogens is 444 g/mol. The van der Waals surface area contributed by atoms with Crippen molar-refractivity contribution in [3.05, 3.63) is 46.7 Å². The fourth-order valence-electron chi connectivity index (χ4n) is 4.75. The average molecular weight is 472 g/mol. The maximum Gasteiger partial charge on any atom is 0.401 e. The number of fused-ring (bicyclic) bond motifs is 3. The second-order valence-corrected chi connectivity index (χ2v) is 9.14. The summed E-state index contributed by atoms with van der Waals surface area (Å²) < 4.78 is 9.46. The van der Waals surface area contributed by atoms with Gasteiger partial charge in [0.25, 0.3) is 5.91 Å². The van der Waals surface area contributed by atoms with E-state index in [1.165, 1.54) is 9.80 Å². The lowest BCUT2D eigenvalue weighted by Crippen LogP contribution is -2.62. The Morgan fingerprint density at radius 3 is 2.76 bits per heavy atom. The number of hydrogen-bond acceptors (Lipinski definition) is 5. The van der Waals surface area contributed by atoms with Crippen molar-refractivity contribution in [3.8, 4) is 0 Å². The number of rotatable bonds is 6. The van der Waals surface area contributed by atoms with Crippen LogP contribution in [-0.2, 0) is 22.6 Å². The van der Waals surface area contributed by atoms with Crippen molar-refractivity contribution in [2.45, 2.75) is 32.5 Å². The van der Waals surface area contributed by atoms with Crippen LogP contribution in [-0.4, -0.2) is 76.9 Å². The highest BCUT2D eigenvalue weighted by molar-refractivity contribution is 6.30. The molecule has 1 atom stereocenters. The Labute approximate surface area is 197 Å². The van der Waals surface area contributed by atoms with E-state index in [4.69, 9.17) is 21.3 Å². The van der Waals surface area contributed by atoms with Gasteiger partial charge in [0.2, 0.25) is 11.9 Å². The van der Waals surface area contributed by atoms with Crippen molar-refractivity contribution >= 4 is 35.3 Å². The van der Waals surface area contributed by atoms with E-state index in [1.807, 2.05) is 29.8 Å². The topological polar surface area (TPSA) is 74.3 Å². The molecule has 2 saturated heterocycles. The lowest BCUT2D eigenvalue weighted by Gasteiger charge is -2.33. The second-order valence-electron chi connectivity index (χ2n) is 8.71. The van der Waals surface area contributed by atoms with Crippen LogP contribution in [0.3, 0.4) is 0 Å². The predicted molar refractivity (Wildman–Crippen MR) is 123 cm³/mol. The van der Waals surface area contributed by atoms with E-state index >= 15 is 0 Å². The number of morpholine rings is 1. The lowest BCUT2D eigenvalue weighted by molar-refractivity contribution is -0.677. The molecule has 1 aromatic heterocycles. The number of carbonyl (C=O) groups is 2. The van der Waals surface area contributed by atoms with Crippen LogP contribution in [0.1, 0.15) is 23.7 Å². The molecule has 0 aliphatic carbocycles. The second kappa shape index (κ2) is 8.89. The molecule has 10 heteroatoms. The molecule has 3 aliphatic heterocycles. The fraction of sp³-hybridized carbons (Fsp3) is 0.478. The average Bonchev–Trinajstić information content (AvgIpc) is 3.31.